The summed E-state index contributed by atoms with van der Waals surface area (Å²) in [4.78, 5) is 15.8. The fourth-order valence-corrected chi connectivity index (χ4v) is 3.68. The number of rotatable bonds is 9. The number of benzene rings is 1. The van der Waals surface area contributed by atoms with Crippen molar-refractivity contribution in [2.45, 2.75) is 45.6 Å². The van der Waals surface area contributed by atoms with Crippen LogP contribution in [0.25, 0.3) is 0 Å². The van der Waals surface area contributed by atoms with Crippen LogP contribution in [0.2, 0.25) is 5.02 Å². The summed E-state index contributed by atoms with van der Waals surface area (Å²) in [7, 11) is 0. The molecule has 0 bridgehead atoms. The predicted molar refractivity (Wildman–Crippen MR) is 108 cm³/mol. The number of hydrogen-bond acceptors (Lipinski definition) is 2. The van der Waals surface area contributed by atoms with Crippen molar-refractivity contribution in [3.63, 3.8) is 0 Å². The molecular weight excluding hydrogens is 352 g/mol. The molecule has 136 valence electrons. The zero-order valence-electron chi connectivity index (χ0n) is 15.0. The Labute approximate surface area is 160 Å². The molecular formula is C20H27ClN2OS. The Balaban J connectivity index is 1.83. The lowest BCUT2D eigenvalue weighted by Gasteiger charge is -2.24. The number of carbonyl (C=O) groups excluding carboxylic acids is 1. The van der Waals surface area contributed by atoms with Gasteiger partial charge in [0.25, 0.3) is 0 Å². The molecule has 5 heteroatoms. The fourth-order valence-electron chi connectivity index (χ4n) is 2.72. The van der Waals surface area contributed by atoms with Gasteiger partial charge in [-0.05, 0) is 68.7 Å². The number of nitrogens with one attached hydrogen (secondary N) is 1. The minimum Gasteiger partial charge on any atom is -0.336 e. The van der Waals surface area contributed by atoms with Crippen LogP contribution in [0.5, 0.6) is 0 Å². The molecule has 2 aromatic rings. The summed E-state index contributed by atoms with van der Waals surface area (Å²) >= 11 is 7.82. The van der Waals surface area contributed by atoms with E-state index in [1.807, 2.05) is 36.9 Å². The number of nitrogens with zero attached hydrogens (tertiary/aromatic N) is 1. The molecule has 2 rings (SSSR count). The second kappa shape index (κ2) is 10.5. The third-order valence-corrected chi connectivity index (χ3v) is 5.08. The van der Waals surface area contributed by atoms with Crippen molar-refractivity contribution in [1.29, 1.82) is 0 Å². The van der Waals surface area contributed by atoms with Crippen LogP contribution in [0.1, 0.15) is 37.1 Å². The lowest BCUT2D eigenvalue weighted by Crippen LogP contribution is -2.44. The van der Waals surface area contributed by atoms with E-state index in [0.717, 1.165) is 43.8 Å². The average Bonchev–Trinajstić information content (AvgIpc) is 3.06. The van der Waals surface area contributed by atoms with Gasteiger partial charge in [-0.3, -0.25) is 0 Å². The number of amides is 2. The smallest absolute Gasteiger partial charge is 0.317 e. The Hall–Kier alpha value is -1.52. The molecule has 0 spiro atoms. The van der Waals surface area contributed by atoms with E-state index in [4.69, 9.17) is 11.6 Å². The predicted octanol–water partition coefficient (Wildman–Crippen LogP) is 5.39. The topological polar surface area (TPSA) is 32.3 Å². The molecule has 1 heterocycles. The quantitative estimate of drug-likeness (QED) is 0.623. The summed E-state index contributed by atoms with van der Waals surface area (Å²) in [5.74, 6) is 0. The van der Waals surface area contributed by atoms with E-state index >= 15 is 0 Å². The third kappa shape index (κ3) is 7.49. The first-order valence-corrected chi connectivity index (χ1v) is 10.1. The Bertz CT molecular complexity index is 643. The number of thiophene rings is 1. The van der Waals surface area contributed by atoms with Gasteiger partial charge in [0.1, 0.15) is 0 Å². The van der Waals surface area contributed by atoms with Gasteiger partial charge in [-0.1, -0.05) is 29.8 Å². The zero-order chi connectivity index (χ0) is 18.1. The summed E-state index contributed by atoms with van der Waals surface area (Å²) < 4.78 is 0. The van der Waals surface area contributed by atoms with Crippen molar-refractivity contribution in [2.75, 3.05) is 13.1 Å². The molecule has 0 saturated carbocycles. The molecule has 1 aromatic heterocycles. The number of aryl methyl sites for hydroxylation is 2. The minimum atomic E-state index is 0.0345. The van der Waals surface area contributed by atoms with Crippen LogP contribution in [0.4, 0.5) is 4.79 Å². The number of hydrogen-bond donors (Lipinski definition) is 1. The molecule has 0 unspecified atom stereocenters. The van der Waals surface area contributed by atoms with Crippen molar-refractivity contribution in [3.05, 3.63) is 57.2 Å². The van der Waals surface area contributed by atoms with Gasteiger partial charge in [0, 0.05) is 29.0 Å². The average molecular weight is 379 g/mol. The highest BCUT2D eigenvalue weighted by Gasteiger charge is 2.14. The summed E-state index contributed by atoms with van der Waals surface area (Å²) in [5.41, 5.74) is 1.22. The van der Waals surface area contributed by atoms with Crippen molar-refractivity contribution < 1.29 is 4.79 Å². The Morgan fingerprint density at radius 3 is 2.56 bits per heavy atom. The molecule has 0 aliphatic heterocycles. The summed E-state index contributed by atoms with van der Waals surface area (Å²) in [6.07, 6.45) is 3.88. The number of carbonyl (C=O) groups is 1. The van der Waals surface area contributed by atoms with Gasteiger partial charge in [0.2, 0.25) is 0 Å². The van der Waals surface area contributed by atoms with Crippen LogP contribution in [-0.2, 0) is 12.8 Å². The molecule has 0 aliphatic carbocycles. The molecule has 0 fully saturated rings. The molecule has 25 heavy (non-hydrogen) atoms. The van der Waals surface area contributed by atoms with Crippen molar-refractivity contribution in [2.24, 2.45) is 0 Å². The van der Waals surface area contributed by atoms with E-state index in [1.54, 1.807) is 11.3 Å². The van der Waals surface area contributed by atoms with Gasteiger partial charge in [-0.25, -0.2) is 4.79 Å². The van der Waals surface area contributed by atoms with Gasteiger partial charge in [0.15, 0.2) is 0 Å². The Kier molecular flexibility index (Phi) is 8.29. The van der Waals surface area contributed by atoms with E-state index in [0.29, 0.717) is 0 Å². The van der Waals surface area contributed by atoms with Crippen molar-refractivity contribution in [3.8, 4) is 0 Å². The SMILES string of the molecule is CC(C)NC(=O)N(CCCc1cccc(Cl)c1)CCCc1cccs1. The third-order valence-electron chi connectivity index (χ3n) is 3.91. The van der Waals surface area contributed by atoms with E-state index in [2.05, 4.69) is 28.9 Å². The van der Waals surface area contributed by atoms with Gasteiger partial charge < -0.3 is 10.2 Å². The normalized spacial score (nSPS) is 10.9. The zero-order valence-corrected chi connectivity index (χ0v) is 16.6. The van der Waals surface area contributed by atoms with E-state index in [-0.39, 0.29) is 12.1 Å². The first kappa shape index (κ1) is 19.8. The maximum Gasteiger partial charge on any atom is 0.317 e. The summed E-state index contributed by atoms with van der Waals surface area (Å²) in [6.45, 7) is 5.53. The second-order valence-corrected chi connectivity index (χ2v) is 7.98. The van der Waals surface area contributed by atoms with Crippen LogP contribution >= 0.6 is 22.9 Å². The van der Waals surface area contributed by atoms with E-state index in [1.165, 1.54) is 10.4 Å². The Morgan fingerprint density at radius 1 is 1.16 bits per heavy atom. The monoisotopic (exact) mass is 378 g/mol. The van der Waals surface area contributed by atoms with Crippen LogP contribution in [0.15, 0.2) is 41.8 Å². The van der Waals surface area contributed by atoms with Gasteiger partial charge in [-0.15, -0.1) is 11.3 Å². The molecule has 0 atom stereocenters. The van der Waals surface area contributed by atoms with Crippen molar-refractivity contribution in [1.82, 2.24) is 10.2 Å². The first-order chi connectivity index (χ1) is 12.0. The van der Waals surface area contributed by atoms with Crippen LogP contribution in [0, 0.1) is 0 Å². The minimum absolute atomic E-state index is 0.0345. The van der Waals surface area contributed by atoms with Gasteiger partial charge in [-0.2, -0.15) is 0 Å². The molecule has 0 aliphatic rings. The standard InChI is InChI=1S/C20H27ClN2OS/c1-16(2)22-20(24)23(13-5-10-19-11-6-14-25-19)12-4-8-17-7-3-9-18(21)15-17/h3,6-7,9,11,14-16H,4-5,8,10,12-13H2,1-2H3,(H,22,24). The first-order valence-electron chi connectivity index (χ1n) is 8.87. The molecule has 2 amide bonds. The van der Waals surface area contributed by atoms with E-state index in [9.17, 15) is 4.79 Å². The van der Waals surface area contributed by atoms with Gasteiger partial charge >= 0.3 is 6.03 Å². The highest BCUT2D eigenvalue weighted by molar-refractivity contribution is 7.09. The lowest BCUT2D eigenvalue weighted by molar-refractivity contribution is 0.194. The van der Waals surface area contributed by atoms with Gasteiger partial charge in [0.05, 0.1) is 0 Å². The molecule has 0 saturated heterocycles. The highest BCUT2D eigenvalue weighted by Crippen LogP contribution is 2.14. The Morgan fingerprint density at radius 2 is 1.92 bits per heavy atom. The fraction of sp³-hybridized carbons (Fsp3) is 0.450. The lowest BCUT2D eigenvalue weighted by atomic mass is 10.1. The number of urea groups is 1. The van der Waals surface area contributed by atoms with Crippen molar-refractivity contribution >= 4 is 29.0 Å². The molecule has 1 N–H and O–H groups in total. The summed E-state index contributed by atoms with van der Waals surface area (Å²) in [5, 5.41) is 5.88. The highest BCUT2D eigenvalue weighted by atomic mass is 35.5. The largest absolute Gasteiger partial charge is 0.336 e. The maximum atomic E-state index is 12.4. The second-order valence-electron chi connectivity index (χ2n) is 6.51. The molecule has 3 nitrogen and oxygen atoms in total. The number of halogens is 1. The van der Waals surface area contributed by atoms with Crippen LogP contribution in [0.3, 0.4) is 0 Å². The van der Waals surface area contributed by atoms with E-state index < -0.39 is 0 Å². The molecule has 1 aromatic carbocycles. The maximum absolute atomic E-state index is 12.4. The summed E-state index contributed by atoms with van der Waals surface area (Å²) in [6, 6.07) is 12.4. The molecule has 0 radical (unpaired) electrons. The van der Waals surface area contributed by atoms with Crippen LogP contribution < -0.4 is 5.32 Å². The van der Waals surface area contributed by atoms with Crippen LogP contribution in [-0.4, -0.2) is 30.1 Å².